The van der Waals surface area contributed by atoms with Crippen LogP contribution in [0.25, 0.3) is 0 Å². The summed E-state index contributed by atoms with van der Waals surface area (Å²) in [5, 5.41) is 0. The molecule has 2 aromatic rings. The molecule has 0 atom stereocenters. The number of ether oxygens (including phenoxy) is 1. The highest BCUT2D eigenvalue weighted by Crippen LogP contribution is 2.21. The molecule has 0 aliphatic rings. The predicted molar refractivity (Wildman–Crippen MR) is 70.5 cm³/mol. The summed E-state index contributed by atoms with van der Waals surface area (Å²) >= 11 is 0. The molecule has 0 spiro atoms. The fraction of sp³-hybridized carbons (Fsp3) is 0.133. The van der Waals surface area contributed by atoms with E-state index >= 15 is 0 Å². The Labute approximate surface area is 106 Å². The van der Waals surface area contributed by atoms with Crippen molar-refractivity contribution in [3.05, 3.63) is 65.2 Å². The molecule has 3 heteroatoms. The molecule has 0 saturated heterocycles. The first-order chi connectivity index (χ1) is 8.66. The lowest BCUT2D eigenvalue weighted by atomic mass is 10.1. The van der Waals surface area contributed by atoms with Crippen molar-refractivity contribution >= 4 is 5.91 Å². The van der Waals surface area contributed by atoms with Gasteiger partial charge in [-0.25, -0.2) is 0 Å². The number of amides is 1. The molecule has 0 radical (unpaired) electrons. The summed E-state index contributed by atoms with van der Waals surface area (Å²) in [5.74, 6) is 0.0596. The predicted octanol–water partition coefficient (Wildman–Crippen LogP) is 2.67. The van der Waals surface area contributed by atoms with Crippen LogP contribution in [0.15, 0.2) is 48.5 Å². The van der Waals surface area contributed by atoms with Crippen LogP contribution in [0, 0.1) is 6.92 Å². The smallest absolute Gasteiger partial charge is 0.252 e. The van der Waals surface area contributed by atoms with E-state index in [2.05, 4.69) is 0 Å². The van der Waals surface area contributed by atoms with Crippen molar-refractivity contribution in [3.63, 3.8) is 0 Å². The fourth-order valence-electron chi connectivity index (χ4n) is 1.69. The van der Waals surface area contributed by atoms with E-state index in [1.165, 1.54) is 0 Å². The normalized spacial score (nSPS) is 10.1. The maximum absolute atomic E-state index is 11.3. The topological polar surface area (TPSA) is 52.3 Å². The molecule has 0 fully saturated rings. The standard InChI is InChI=1S/C15H15NO2/c1-11-7-8-13(15(16)17)14(9-11)18-10-12-5-3-2-4-6-12/h2-9H,10H2,1H3,(H2,16,17). The Morgan fingerprint density at radius 2 is 1.89 bits per heavy atom. The zero-order valence-corrected chi connectivity index (χ0v) is 10.2. The first-order valence-corrected chi connectivity index (χ1v) is 5.74. The third-order valence-electron chi connectivity index (χ3n) is 2.64. The molecule has 2 N–H and O–H groups in total. The molecule has 0 unspecified atom stereocenters. The van der Waals surface area contributed by atoms with Crippen LogP contribution in [0.4, 0.5) is 0 Å². The maximum atomic E-state index is 11.3. The second-order valence-corrected chi connectivity index (χ2v) is 4.14. The molecule has 0 heterocycles. The molecule has 0 aliphatic carbocycles. The van der Waals surface area contributed by atoms with E-state index in [-0.39, 0.29) is 0 Å². The van der Waals surface area contributed by atoms with E-state index in [1.807, 2.05) is 49.4 Å². The Bertz CT molecular complexity index is 550. The number of benzene rings is 2. The van der Waals surface area contributed by atoms with Gasteiger partial charge in [-0.1, -0.05) is 36.4 Å². The van der Waals surface area contributed by atoms with E-state index in [1.54, 1.807) is 6.07 Å². The number of hydrogen-bond donors (Lipinski definition) is 1. The van der Waals surface area contributed by atoms with Gasteiger partial charge >= 0.3 is 0 Å². The number of rotatable bonds is 4. The van der Waals surface area contributed by atoms with Crippen LogP contribution in [0.5, 0.6) is 5.75 Å². The van der Waals surface area contributed by atoms with E-state index in [9.17, 15) is 4.79 Å². The number of carbonyl (C=O) groups is 1. The number of primary amides is 1. The first kappa shape index (κ1) is 12.2. The second-order valence-electron chi connectivity index (χ2n) is 4.14. The van der Waals surface area contributed by atoms with Gasteiger partial charge in [0.1, 0.15) is 12.4 Å². The van der Waals surface area contributed by atoms with Gasteiger partial charge in [0.2, 0.25) is 0 Å². The van der Waals surface area contributed by atoms with Crippen molar-refractivity contribution in [1.29, 1.82) is 0 Å². The Morgan fingerprint density at radius 3 is 2.56 bits per heavy atom. The largest absolute Gasteiger partial charge is 0.488 e. The van der Waals surface area contributed by atoms with Gasteiger partial charge in [-0.3, -0.25) is 4.79 Å². The molecule has 2 aromatic carbocycles. The average Bonchev–Trinajstić information content (AvgIpc) is 2.37. The highest BCUT2D eigenvalue weighted by molar-refractivity contribution is 5.95. The highest BCUT2D eigenvalue weighted by Gasteiger charge is 2.09. The molecular weight excluding hydrogens is 226 g/mol. The van der Waals surface area contributed by atoms with Crippen molar-refractivity contribution < 1.29 is 9.53 Å². The van der Waals surface area contributed by atoms with Gasteiger partial charge in [-0.2, -0.15) is 0 Å². The Morgan fingerprint density at radius 1 is 1.17 bits per heavy atom. The van der Waals surface area contributed by atoms with E-state index in [0.29, 0.717) is 17.9 Å². The molecule has 0 saturated carbocycles. The van der Waals surface area contributed by atoms with Crippen molar-refractivity contribution in [3.8, 4) is 5.75 Å². The van der Waals surface area contributed by atoms with Gasteiger partial charge in [0.05, 0.1) is 5.56 Å². The molecule has 3 nitrogen and oxygen atoms in total. The second kappa shape index (κ2) is 5.36. The summed E-state index contributed by atoms with van der Waals surface area (Å²) in [4.78, 5) is 11.3. The lowest BCUT2D eigenvalue weighted by molar-refractivity contribution is 0.0996. The summed E-state index contributed by atoms with van der Waals surface area (Å²) in [6.07, 6.45) is 0. The lowest BCUT2D eigenvalue weighted by Crippen LogP contribution is -2.13. The Balaban J connectivity index is 2.18. The molecule has 92 valence electrons. The monoisotopic (exact) mass is 241 g/mol. The maximum Gasteiger partial charge on any atom is 0.252 e. The van der Waals surface area contributed by atoms with Crippen molar-refractivity contribution in [2.24, 2.45) is 5.73 Å². The lowest BCUT2D eigenvalue weighted by Gasteiger charge is -2.10. The van der Waals surface area contributed by atoms with Crippen molar-refractivity contribution in [1.82, 2.24) is 0 Å². The minimum atomic E-state index is -0.474. The average molecular weight is 241 g/mol. The van der Waals surface area contributed by atoms with Gasteiger partial charge in [0.25, 0.3) is 5.91 Å². The quantitative estimate of drug-likeness (QED) is 0.894. The molecule has 0 bridgehead atoms. The molecule has 1 amide bonds. The minimum Gasteiger partial charge on any atom is -0.488 e. The molecular formula is C15H15NO2. The van der Waals surface area contributed by atoms with Crippen molar-refractivity contribution in [2.75, 3.05) is 0 Å². The van der Waals surface area contributed by atoms with Crippen LogP contribution in [-0.4, -0.2) is 5.91 Å². The summed E-state index contributed by atoms with van der Waals surface area (Å²) in [6.45, 7) is 2.37. The van der Waals surface area contributed by atoms with Crippen LogP contribution >= 0.6 is 0 Å². The summed E-state index contributed by atoms with van der Waals surface area (Å²) < 4.78 is 5.66. The Hall–Kier alpha value is -2.29. The highest BCUT2D eigenvalue weighted by atomic mass is 16.5. The van der Waals surface area contributed by atoms with Gasteiger partial charge in [-0.05, 0) is 30.2 Å². The zero-order chi connectivity index (χ0) is 13.0. The number of aryl methyl sites for hydroxylation is 1. The van der Waals surface area contributed by atoms with Gasteiger partial charge in [0, 0.05) is 0 Å². The van der Waals surface area contributed by atoms with Crippen LogP contribution in [-0.2, 0) is 6.61 Å². The fourth-order valence-corrected chi connectivity index (χ4v) is 1.69. The summed E-state index contributed by atoms with van der Waals surface area (Å²) in [7, 11) is 0. The minimum absolute atomic E-state index is 0.413. The number of carbonyl (C=O) groups excluding carboxylic acids is 1. The van der Waals surface area contributed by atoms with E-state index < -0.39 is 5.91 Å². The first-order valence-electron chi connectivity index (χ1n) is 5.74. The summed E-state index contributed by atoms with van der Waals surface area (Å²) in [5.41, 5.74) is 7.81. The number of hydrogen-bond acceptors (Lipinski definition) is 2. The van der Waals surface area contributed by atoms with E-state index in [0.717, 1.165) is 11.1 Å². The van der Waals surface area contributed by atoms with Gasteiger partial charge in [-0.15, -0.1) is 0 Å². The molecule has 18 heavy (non-hydrogen) atoms. The van der Waals surface area contributed by atoms with Gasteiger partial charge in [0.15, 0.2) is 0 Å². The van der Waals surface area contributed by atoms with E-state index in [4.69, 9.17) is 10.5 Å². The van der Waals surface area contributed by atoms with Crippen LogP contribution in [0.1, 0.15) is 21.5 Å². The van der Waals surface area contributed by atoms with Gasteiger partial charge < -0.3 is 10.5 Å². The molecule has 2 rings (SSSR count). The van der Waals surface area contributed by atoms with Crippen molar-refractivity contribution in [2.45, 2.75) is 13.5 Å². The third-order valence-corrected chi connectivity index (χ3v) is 2.64. The summed E-state index contributed by atoms with van der Waals surface area (Å²) in [6, 6.07) is 15.1. The third kappa shape index (κ3) is 2.88. The molecule has 0 aliphatic heterocycles. The number of nitrogens with two attached hydrogens (primary N) is 1. The zero-order valence-electron chi connectivity index (χ0n) is 10.2. The SMILES string of the molecule is Cc1ccc(C(N)=O)c(OCc2ccccc2)c1. The Kier molecular flexibility index (Phi) is 3.63. The van der Waals surface area contributed by atoms with Crippen LogP contribution < -0.4 is 10.5 Å². The molecule has 0 aromatic heterocycles. The van der Waals surface area contributed by atoms with Crippen LogP contribution in [0.2, 0.25) is 0 Å². The van der Waals surface area contributed by atoms with Crippen LogP contribution in [0.3, 0.4) is 0 Å².